The topological polar surface area (TPSA) is 95.8 Å². The summed E-state index contributed by atoms with van der Waals surface area (Å²) in [6.45, 7) is 8.31. The third-order valence-corrected chi connectivity index (χ3v) is 5.78. The maximum Gasteiger partial charge on any atom is 0.197 e. The molecule has 0 heterocycles. The van der Waals surface area contributed by atoms with Gasteiger partial charge in [-0.3, -0.25) is 10.8 Å². The molecule has 0 aromatic heterocycles. The Bertz CT molecular complexity index is 1260. The van der Waals surface area contributed by atoms with Crippen molar-refractivity contribution >= 4 is 34.7 Å². The number of hydrogen-bond acceptors (Lipinski definition) is 2. The van der Waals surface area contributed by atoms with Gasteiger partial charge in [0.15, 0.2) is 11.9 Å². The minimum Gasteiger partial charge on any atom is -0.326 e. The van der Waals surface area contributed by atoms with E-state index >= 15 is 0 Å². The van der Waals surface area contributed by atoms with Crippen LogP contribution in [0.3, 0.4) is 0 Å². The zero-order chi connectivity index (χ0) is 27.3. The minimum atomic E-state index is 0.270. The number of benzene rings is 4. The van der Waals surface area contributed by atoms with Crippen LogP contribution in [0.4, 0.5) is 22.7 Å². The molecule has 6 N–H and O–H groups in total. The van der Waals surface area contributed by atoms with Crippen LogP contribution in [0.5, 0.6) is 0 Å². The summed E-state index contributed by atoms with van der Waals surface area (Å²) in [6.07, 6.45) is 1.99. The number of rotatable bonds is 6. The Morgan fingerprint density at radius 3 is 1.13 bits per heavy atom. The van der Waals surface area contributed by atoms with Crippen molar-refractivity contribution in [3.63, 3.8) is 0 Å². The summed E-state index contributed by atoms with van der Waals surface area (Å²) < 4.78 is 0. The first kappa shape index (κ1) is 28.0. The lowest BCUT2D eigenvalue weighted by atomic mass is 10.1. The van der Waals surface area contributed by atoms with Crippen molar-refractivity contribution < 1.29 is 0 Å². The average Bonchev–Trinajstić information content (AvgIpc) is 2.89. The quantitative estimate of drug-likeness (QED) is 0.118. The Morgan fingerprint density at radius 1 is 0.500 bits per heavy atom. The van der Waals surface area contributed by atoms with Crippen LogP contribution in [0, 0.1) is 24.7 Å². The van der Waals surface area contributed by atoms with Crippen molar-refractivity contribution in [3.8, 4) is 0 Å². The molecule has 4 rings (SSSR count). The number of aryl methyl sites for hydroxylation is 4. The lowest BCUT2D eigenvalue weighted by Gasteiger charge is -2.12. The van der Waals surface area contributed by atoms with Crippen LogP contribution in [-0.2, 0) is 12.8 Å². The van der Waals surface area contributed by atoms with Gasteiger partial charge in [-0.15, -0.1) is 0 Å². The average molecular weight is 507 g/mol. The van der Waals surface area contributed by atoms with Gasteiger partial charge in [-0.2, -0.15) is 0 Å². The van der Waals surface area contributed by atoms with Crippen LogP contribution < -0.4 is 21.3 Å². The van der Waals surface area contributed by atoms with Crippen LogP contribution in [0.25, 0.3) is 0 Å². The Labute approximate surface area is 226 Å². The third kappa shape index (κ3) is 9.47. The second-order valence-corrected chi connectivity index (χ2v) is 9.10. The van der Waals surface area contributed by atoms with E-state index in [1.165, 1.54) is 22.3 Å². The zero-order valence-corrected chi connectivity index (χ0v) is 22.7. The largest absolute Gasteiger partial charge is 0.326 e. The molecule has 0 spiro atoms. The third-order valence-electron chi connectivity index (χ3n) is 5.78. The van der Waals surface area contributed by atoms with Gasteiger partial charge in [-0.25, -0.2) is 0 Å². The first-order valence-corrected chi connectivity index (χ1v) is 12.9. The molecule has 0 fully saturated rings. The van der Waals surface area contributed by atoms with Crippen LogP contribution in [0.2, 0.25) is 0 Å². The van der Waals surface area contributed by atoms with Crippen molar-refractivity contribution in [2.45, 2.75) is 40.5 Å². The molecular formula is C32H38N6. The summed E-state index contributed by atoms with van der Waals surface area (Å²) in [4.78, 5) is 0. The van der Waals surface area contributed by atoms with Crippen molar-refractivity contribution in [1.29, 1.82) is 10.8 Å². The van der Waals surface area contributed by atoms with Gasteiger partial charge in [-0.05, 0) is 97.5 Å². The maximum atomic E-state index is 8.00. The normalized spacial score (nSPS) is 10.0. The van der Waals surface area contributed by atoms with Crippen molar-refractivity contribution in [2.24, 2.45) is 0 Å². The maximum absolute atomic E-state index is 8.00. The molecule has 6 heteroatoms. The Hall–Kier alpha value is -4.58. The summed E-state index contributed by atoms with van der Waals surface area (Å²) in [7, 11) is 0. The summed E-state index contributed by atoms with van der Waals surface area (Å²) in [6, 6.07) is 32.2. The highest BCUT2D eigenvalue weighted by Gasteiger charge is 2.01. The molecular weight excluding hydrogens is 468 g/mol. The van der Waals surface area contributed by atoms with Crippen LogP contribution >= 0.6 is 0 Å². The van der Waals surface area contributed by atoms with E-state index in [1.54, 1.807) is 0 Å². The highest BCUT2D eigenvalue weighted by Crippen LogP contribution is 2.14. The van der Waals surface area contributed by atoms with E-state index in [0.29, 0.717) is 0 Å². The summed E-state index contributed by atoms with van der Waals surface area (Å²) >= 11 is 0. The van der Waals surface area contributed by atoms with Crippen LogP contribution in [0.1, 0.15) is 36.1 Å². The van der Waals surface area contributed by atoms with E-state index in [4.69, 9.17) is 10.8 Å². The predicted molar refractivity (Wildman–Crippen MR) is 164 cm³/mol. The molecule has 6 nitrogen and oxygen atoms in total. The minimum absolute atomic E-state index is 0.270. The van der Waals surface area contributed by atoms with E-state index in [2.05, 4.69) is 59.4 Å². The standard InChI is InChI=1S/C17H21N3.C15H17N3/c1-3-13-7-5-9-15(11-13)19-17(18)20-16-10-6-8-14(4-2)12-16;1-11-5-3-7-13(9-11)17-15(16)18-14-8-4-6-12(2)10-14/h5-12H,3-4H2,1-2H3,(H3,18,19,20);3-10H,1-2H3,(H3,16,17,18). The van der Waals surface area contributed by atoms with Crippen LogP contribution in [0.15, 0.2) is 97.1 Å². The lowest BCUT2D eigenvalue weighted by molar-refractivity contribution is 1.14. The SMILES string of the molecule is CCc1cccc(NC(=N)Nc2cccc(CC)c2)c1.Cc1cccc(NC(=N)Nc2cccc(C)c2)c1. The zero-order valence-electron chi connectivity index (χ0n) is 22.7. The van der Waals surface area contributed by atoms with Gasteiger partial charge in [0.25, 0.3) is 0 Å². The second-order valence-electron chi connectivity index (χ2n) is 9.10. The summed E-state index contributed by atoms with van der Waals surface area (Å²) in [5, 5.41) is 28.1. The Morgan fingerprint density at radius 2 is 0.816 bits per heavy atom. The number of anilines is 4. The van der Waals surface area contributed by atoms with Gasteiger partial charge in [0.1, 0.15) is 0 Å². The molecule has 0 amide bonds. The van der Waals surface area contributed by atoms with Crippen molar-refractivity contribution in [1.82, 2.24) is 0 Å². The monoisotopic (exact) mass is 506 g/mol. The summed E-state index contributed by atoms with van der Waals surface area (Å²) in [5.41, 5.74) is 8.57. The molecule has 0 aliphatic carbocycles. The molecule has 0 atom stereocenters. The van der Waals surface area contributed by atoms with E-state index in [9.17, 15) is 0 Å². The molecule has 0 aliphatic rings. The van der Waals surface area contributed by atoms with Gasteiger partial charge >= 0.3 is 0 Å². The smallest absolute Gasteiger partial charge is 0.197 e. The number of guanidine groups is 2. The molecule has 4 aromatic carbocycles. The van der Waals surface area contributed by atoms with E-state index in [-0.39, 0.29) is 11.9 Å². The van der Waals surface area contributed by atoms with Crippen LogP contribution in [-0.4, -0.2) is 11.9 Å². The van der Waals surface area contributed by atoms with Gasteiger partial charge < -0.3 is 21.3 Å². The lowest BCUT2D eigenvalue weighted by Crippen LogP contribution is -2.20. The molecule has 196 valence electrons. The molecule has 4 aromatic rings. The molecule has 0 radical (unpaired) electrons. The molecule has 0 saturated heterocycles. The molecule has 38 heavy (non-hydrogen) atoms. The fraction of sp³-hybridized carbons (Fsp3) is 0.188. The van der Waals surface area contributed by atoms with Gasteiger partial charge in [-0.1, -0.05) is 62.4 Å². The molecule has 0 saturated carbocycles. The first-order valence-electron chi connectivity index (χ1n) is 12.9. The van der Waals surface area contributed by atoms with Crippen molar-refractivity contribution in [2.75, 3.05) is 21.3 Å². The first-order chi connectivity index (χ1) is 18.3. The van der Waals surface area contributed by atoms with Crippen molar-refractivity contribution in [3.05, 3.63) is 119 Å². The Balaban J connectivity index is 0.000000212. The van der Waals surface area contributed by atoms with E-state index in [1.807, 2.05) is 86.6 Å². The van der Waals surface area contributed by atoms with E-state index in [0.717, 1.165) is 35.6 Å². The van der Waals surface area contributed by atoms with Gasteiger partial charge in [0, 0.05) is 22.7 Å². The van der Waals surface area contributed by atoms with Gasteiger partial charge in [0.2, 0.25) is 0 Å². The number of hydrogen-bond donors (Lipinski definition) is 6. The molecule has 0 unspecified atom stereocenters. The second kappa shape index (κ2) is 14.2. The van der Waals surface area contributed by atoms with E-state index < -0.39 is 0 Å². The fourth-order valence-corrected chi connectivity index (χ4v) is 3.82. The van der Waals surface area contributed by atoms with Gasteiger partial charge in [0.05, 0.1) is 0 Å². The fourth-order valence-electron chi connectivity index (χ4n) is 3.82. The highest BCUT2D eigenvalue weighted by molar-refractivity contribution is 6.02. The highest BCUT2D eigenvalue weighted by atomic mass is 15.1. The number of nitrogens with one attached hydrogen (secondary N) is 6. The summed E-state index contributed by atoms with van der Waals surface area (Å²) in [5.74, 6) is 0.553. The molecule has 0 bridgehead atoms. The predicted octanol–water partition coefficient (Wildman–Crippen LogP) is 8.03. The molecule has 0 aliphatic heterocycles. The Kier molecular flexibility index (Phi) is 10.5.